The number of likely N-dealkylation sites (N-methyl/N-ethyl adjacent to an activating group) is 1. The predicted molar refractivity (Wildman–Crippen MR) is 63.1 cm³/mol. The maximum atomic E-state index is 11.0. The van der Waals surface area contributed by atoms with Crippen LogP contribution in [-0.4, -0.2) is 30.8 Å². The molecule has 0 spiro atoms. The first kappa shape index (κ1) is 11.9. The normalized spacial score (nSPS) is 17.1. The van der Waals surface area contributed by atoms with Crippen molar-refractivity contribution in [1.29, 1.82) is 0 Å². The molecule has 1 aliphatic heterocycles. The Kier molecular flexibility index (Phi) is 3.31. The van der Waals surface area contributed by atoms with E-state index in [-0.39, 0.29) is 0 Å². The Hall–Kier alpha value is -1.59. The minimum atomic E-state index is -0.947. The van der Waals surface area contributed by atoms with E-state index >= 15 is 0 Å². The van der Waals surface area contributed by atoms with Crippen LogP contribution in [0.25, 0.3) is 0 Å². The van der Waals surface area contributed by atoms with Crippen LogP contribution in [0.5, 0.6) is 5.75 Å². The second-order valence-corrected chi connectivity index (χ2v) is 4.10. The van der Waals surface area contributed by atoms with Crippen molar-refractivity contribution in [2.75, 3.05) is 13.7 Å². The first-order chi connectivity index (χ1) is 8.13. The van der Waals surface area contributed by atoms with Crippen molar-refractivity contribution in [3.8, 4) is 5.75 Å². The minimum Gasteiger partial charge on any atom is -0.493 e. The van der Waals surface area contributed by atoms with Gasteiger partial charge < -0.3 is 20.9 Å². The summed E-state index contributed by atoms with van der Waals surface area (Å²) in [4.78, 5) is 11.0. The summed E-state index contributed by atoms with van der Waals surface area (Å²) in [5.74, 6) is -0.0750. The Labute approximate surface area is 99.6 Å². The van der Waals surface area contributed by atoms with Gasteiger partial charge in [0.05, 0.1) is 12.6 Å². The summed E-state index contributed by atoms with van der Waals surface area (Å²) in [5, 5.41) is 11.7. The first-order valence-corrected chi connectivity index (χ1v) is 5.54. The second kappa shape index (κ2) is 4.73. The number of benzene rings is 1. The lowest BCUT2D eigenvalue weighted by molar-refractivity contribution is -0.139. The van der Waals surface area contributed by atoms with Gasteiger partial charge in [-0.3, -0.25) is 4.79 Å². The fraction of sp³-hybridized carbons (Fsp3) is 0.417. The molecule has 0 amide bonds. The Bertz CT molecular complexity index is 434. The smallest absolute Gasteiger partial charge is 0.322 e. The van der Waals surface area contributed by atoms with Gasteiger partial charge in [-0.05, 0) is 24.2 Å². The highest BCUT2D eigenvalue weighted by Crippen LogP contribution is 2.28. The maximum absolute atomic E-state index is 11.0. The number of aliphatic carboxylic acids is 1. The van der Waals surface area contributed by atoms with Crippen LogP contribution >= 0.6 is 0 Å². The molecule has 2 atom stereocenters. The fourth-order valence-corrected chi connectivity index (χ4v) is 2.06. The van der Waals surface area contributed by atoms with Crippen LogP contribution in [0.1, 0.15) is 17.2 Å². The average Bonchev–Trinajstić information content (AvgIpc) is 2.75. The van der Waals surface area contributed by atoms with Crippen molar-refractivity contribution >= 4 is 5.97 Å². The lowest BCUT2D eigenvalue weighted by Gasteiger charge is -2.20. The molecule has 4 N–H and O–H groups in total. The molecule has 17 heavy (non-hydrogen) atoms. The standard InChI is InChI=1S/C12H16N2O3/c1-14-11(12(15)16)10(13)8-2-3-9-7(6-8)4-5-17-9/h2-3,6,10-11,14H,4-5,13H2,1H3,(H,15,16). The lowest BCUT2D eigenvalue weighted by Crippen LogP contribution is -2.43. The zero-order chi connectivity index (χ0) is 12.4. The number of carbonyl (C=O) groups is 1. The van der Waals surface area contributed by atoms with Crippen molar-refractivity contribution in [3.63, 3.8) is 0 Å². The van der Waals surface area contributed by atoms with Crippen LogP contribution in [0.3, 0.4) is 0 Å². The molecule has 1 aliphatic rings. The van der Waals surface area contributed by atoms with E-state index in [9.17, 15) is 4.79 Å². The van der Waals surface area contributed by atoms with Gasteiger partial charge in [-0.15, -0.1) is 0 Å². The zero-order valence-corrected chi connectivity index (χ0v) is 9.64. The van der Waals surface area contributed by atoms with E-state index in [4.69, 9.17) is 15.6 Å². The van der Waals surface area contributed by atoms with Gasteiger partial charge in [0.2, 0.25) is 0 Å². The van der Waals surface area contributed by atoms with Gasteiger partial charge in [0.25, 0.3) is 0 Å². The largest absolute Gasteiger partial charge is 0.493 e. The zero-order valence-electron chi connectivity index (χ0n) is 9.64. The van der Waals surface area contributed by atoms with E-state index in [1.165, 1.54) is 0 Å². The van der Waals surface area contributed by atoms with Crippen molar-refractivity contribution in [2.45, 2.75) is 18.5 Å². The van der Waals surface area contributed by atoms with Crippen LogP contribution in [0.2, 0.25) is 0 Å². The molecule has 1 aromatic rings. The number of carboxylic acid groups (broad SMARTS) is 1. The van der Waals surface area contributed by atoms with Crippen molar-refractivity contribution in [1.82, 2.24) is 5.32 Å². The van der Waals surface area contributed by atoms with Crippen LogP contribution in [0.4, 0.5) is 0 Å². The molecule has 2 rings (SSSR count). The van der Waals surface area contributed by atoms with Crippen LogP contribution in [-0.2, 0) is 11.2 Å². The third kappa shape index (κ3) is 2.25. The average molecular weight is 236 g/mol. The highest BCUT2D eigenvalue weighted by molar-refractivity contribution is 5.74. The van der Waals surface area contributed by atoms with Crippen LogP contribution < -0.4 is 15.8 Å². The number of carboxylic acids is 1. The Morgan fingerprint density at radius 3 is 3.00 bits per heavy atom. The van der Waals surface area contributed by atoms with E-state index < -0.39 is 18.1 Å². The molecule has 5 heteroatoms. The molecule has 1 heterocycles. The van der Waals surface area contributed by atoms with Gasteiger partial charge in [-0.1, -0.05) is 12.1 Å². The summed E-state index contributed by atoms with van der Waals surface area (Å²) < 4.78 is 5.39. The van der Waals surface area contributed by atoms with E-state index in [2.05, 4.69) is 5.32 Å². The van der Waals surface area contributed by atoms with Crippen molar-refractivity contribution < 1.29 is 14.6 Å². The van der Waals surface area contributed by atoms with Gasteiger partial charge in [0, 0.05) is 6.42 Å². The number of ether oxygens (including phenoxy) is 1. The van der Waals surface area contributed by atoms with Gasteiger partial charge in [-0.2, -0.15) is 0 Å². The molecule has 0 saturated heterocycles. The van der Waals surface area contributed by atoms with E-state index in [1.54, 1.807) is 7.05 Å². The second-order valence-electron chi connectivity index (χ2n) is 4.10. The summed E-state index contributed by atoms with van der Waals surface area (Å²) >= 11 is 0. The summed E-state index contributed by atoms with van der Waals surface area (Å²) in [7, 11) is 1.59. The summed E-state index contributed by atoms with van der Waals surface area (Å²) in [6, 6.07) is 4.26. The van der Waals surface area contributed by atoms with Crippen molar-refractivity contribution in [2.24, 2.45) is 5.73 Å². The Balaban J connectivity index is 2.24. The van der Waals surface area contributed by atoms with Gasteiger partial charge in [0.1, 0.15) is 11.8 Å². The predicted octanol–water partition coefficient (Wildman–Crippen LogP) is 0.294. The first-order valence-electron chi connectivity index (χ1n) is 5.54. The molecule has 0 fully saturated rings. The van der Waals surface area contributed by atoms with Gasteiger partial charge in [0.15, 0.2) is 0 Å². The maximum Gasteiger partial charge on any atom is 0.322 e. The number of rotatable bonds is 4. The Morgan fingerprint density at radius 2 is 2.35 bits per heavy atom. The quantitative estimate of drug-likeness (QED) is 0.700. The Morgan fingerprint density at radius 1 is 1.59 bits per heavy atom. The van der Waals surface area contributed by atoms with E-state index in [1.807, 2.05) is 18.2 Å². The molecule has 0 radical (unpaired) electrons. The summed E-state index contributed by atoms with van der Waals surface area (Å²) in [5.41, 5.74) is 7.87. The molecule has 1 aromatic carbocycles. The molecule has 2 unspecified atom stereocenters. The lowest BCUT2D eigenvalue weighted by atomic mass is 9.97. The highest BCUT2D eigenvalue weighted by Gasteiger charge is 2.25. The molecular weight excluding hydrogens is 220 g/mol. The van der Waals surface area contributed by atoms with Crippen LogP contribution in [0.15, 0.2) is 18.2 Å². The van der Waals surface area contributed by atoms with Crippen molar-refractivity contribution in [3.05, 3.63) is 29.3 Å². The SMILES string of the molecule is CNC(C(=O)O)C(N)c1ccc2c(c1)CCO2. The van der Waals surface area contributed by atoms with Gasteiger partial charge >= 0.3 is 5.97 Å². The number of nitrogens with one attached hydrogen (secondary N) is 1. The molecule has 92 valence electrons. The molecule has 5 nitrogen and oxygen atoms in total. The number of hydrogen-bond acceptors (Lipinski definition) is 4. The molecule has 0 bridgehead atoms. The van der Waals surface area contributed by atoms with E-state index in [0.29, 0.717) is 6.61 Å². The van der Waals surface area contributed by atoms with E-state index in [0.717, 1.165) is 23.3 Å². The molecule has 0 aromatic heterocycles. The third-order valence-corrected chi connectivity index (χ3v) is 3.03. The van der Waals surface area contributed by atoms with Crippen LogP contribution in [0, 0.1) is 0 Å². The van der Waals surface area contributed by atoms with Gasteiger partial charge in [-0.25, -0.2) is 0 Å². The molecule has 0 aliphatic carbocycles. The fourth-order valence-electron chi connectivity index (χ4n) is 2.06. The highest BCUT2D eigenvalue weighted by atomic mass is 16.5. The number of hydrogen-bond donors (Lipinski definition) is 3. The summed E-state index contributed by atoms with van der Waals surface area (Å²) in [6.07, 6.45) is 0.854. The molecule has 0 saturated carbocycles. The number of nitrogens with two attached hydrogens (primary N) is 1. The topological polar surface area (TPSA) is 84.6 Å². The number of fused-ring (bicyclic) bond motifs is 1. The molecular formula is C12H16N2O3. The monoisotopic (exact) mass is 236 g/mol. The summed E-state index contributed by atoms with van der Waals surface area (Å²) in [6.45, 7) is 0.683. The third-order valence-electron chi connectivity index (χ3n) is 3.03. The minimum absolute atomic E-state index is 0.566.